The Kier molecular flexibility index (Phi) is 3.87. The molecule has 1 aliphatic heterocycles. The van der Waals surface area contributed by atoms with Gasteiger partial charge in [0.05, 0.1) is 5.69 Å². The molecule has 118 valence electrons. The fraction of sp³-hybridized carbons (Fsp3) is 0.562. The predicted molar refractivity (Wildman–Crippen MR) is 85.2 cm³/mol. The van der Waals surface area contributed by atoms with Crippen LogP contribution in [-0.2, 0) is 0 Å². The molecule has 2 aromatic heterocycles. The third kappa shape index (κ3) is 2.59. The Hall–Kier alpha value is -1.95. The Balaban J connectivity index is 2.02. The van der Waals surface area contributed by atoms with Gasteiger partial charge in [0, 0.05) is 31.0 Å². The Morgan fingerprint density at radius 2 is 1.91 bits per heavy atom. The maximum Gasteiger partial charge on any atom is 0.259 e. The first-order chi connectivity index (χ1) is 10.5. The second-order valence-electron chi connectivity index (χ2n) is 6.18. The van der Waals surface area contributed by atoms with E-state index in [0.717, 1.165) is 49.7 Å². The van der Waals surface area contributed by atoms with Crippen molar-refractivity contribution in [2.75, 3.05) is 33.2 Å². The molecule has 1 fully saturated rings. The molecule has 1 saturated heterocycles. The van der Waals surface area contributed by atoms with Gasteiger partial charge in [-0.1, -0.05) is 0 Å². The van der Waals surface area contributed by atoms with Crippen LogP contribution in [0.2, 0.25) is 0 Å². The molecule has 0 spiro atoms. The number of aromatic nitrogens is 3. The first-order valence-electron chi connectivity index (χ1n) is 7.79. The van der Waals surface area contributed by atoms with Crippen LogP contribution in [0, 0.1) is 20.8 Å². The van der Waals surface area contributed by atoms with E-state index in [0.29, 0.717) is 11.2 Å². The summed E-state index contributed by atoms with van der Waals surface area (Å²) in [4.78, 5) is 21.7. The summed E-state index contributed by atoms with van der Waals surface area (Å²) >= 11 is 0. The molecule has 0 unspecified atom stereocenters. The molecule has 22 heavy (non-hydrogen) atoms. The van der Waals surface area contributed by atoms with Crippen LogP contribution in [-0.4, -0.2) is 63.5 Å². The molecule has 2 aromatic rings. The van der Waals surface area contributed by atoms with Crippen LogP contribution in [0.4, 0.5) is 0 Å². The molecular formula is C16H23N5O. The SMILES string of the molecule is Cc1cc(C)n2nc(C)c(C(=O)N3CCCN(C)CC3)c2n1. The number of hydrogen-bond acceptors (Lipinski definition) is 4. The lowest BCUT2D eigenvalue weighted by Crippen LogP contribution is -2.34. The van der Waals surface area contributed by atoms with Crippen molar-refractivity contribution < 1.29 is 4.79 Å². The monoisotopic (exact) mass is 301 g/mol. The first kappa shape index (κ1) is 15.0. The minimum Gasteiger partial charge on any atom is -0.337 e. The second kappa shape index (κ2) is 5.68. The zero-order valence-electron chi connectivity index (χ0n) is 13.8. The van der Waals surface area contributed by atoms with Gasteiger partial charge in [0.1, 0.15) is 5.56 Å². The maximum absolute atomic E-state index is 13.0. The van der Waals surface area contributed by atoms with Crippen LogP contribution in [0.15, 0.2) is 6.07 Å². The molecule has 3 heterocycles. The van der Waals surface area contributed by atoms with E-state index in [1.165, 1.54) is 0 Å². The van der Waals surface area contributed by atoms with Gasteiger partial charge in [0.15, 0.2) is 5.65 Å². The predicted octanol–water partition coefficient (Wildman–Crippen LogP) is 1.43. The van der Waals surface area contributed by atoms with Gasteiger partial charge in [0.25, 0.3) is 5.91 Å². The summed E-state index contributed by atoms with van der Waals surface area (Å²) in [6, 6.07) is 1.98. The van der Waals surface area contributed by atoms with Crippen LogP contribution in [0.25, 0.3) is 5.65 Å². The topological polar surface area (TPSA) is 53.7 Å². The molecule has 6 nitrogen and oxygen atoms in total. The average molecular weight is 301 g/mol. The summed E-state index contributed by atoms with van der Waals surface area (Å²) in [6.07, 6.45) is 1.01. The number of carbonyl (C=O) groups is 1. The van der Waals surface area contributed by atoms with E-state index in [1.54, 1.807) is 4.52 Å². The summed E-state index contributed by atoms with van der Waals surface area (Å²) in [7, 11) is 2.10. The molecule has 0 radical (unpaired) electrons. The van der Waals surface area contributed by atoms with Crippen molar-refractivity contribution in [3.63, 3.8) is 0 Å². The lowest BCUT2D eigenvalue weighted by Gasteiger charge is -2.20. The highest BCUT2D eigenvalue weighted by molar-refractivity contribution is 6.01. The molecule has 1 amide bonds. The van der Waals surface area contributed by atoms with Crippen LogP contribution < -0.4 is 0 Å². The third-order valence-electron chi connectivity index (χ3n) is 4.29. The number of rotatable bonds is 1. The van der Waals surface area contributed by atoms with Crippen LogP contribution >= 0.6 is 0 Å². The lowest BCUT2D eigenvalue weighted by molar-refractivity contribution is 0.0764. The fourth-order valence-corrected chi connectivity index (χ4v) is 3.09. The zero-order valence-corrected chi connectivity index (χ0v) is 13.8. The number of likely N-dealkylation sites (N-methyl/N-ethyl adjacent to an activating group) is 1. The number of amides is 1. The molecule has 6 heteroatoms. The quantitative estimate of drug-likeness (QED) is 0.799. The van der Waals surface area contributed by atoms with Gasteiger partial charge >= 0.3 is 0 Å². The number of carbonyl (C=O) groups excluding carboxylic acids is 1. The number of fused-ring (bicyclic) bond motifs is 1. The van der Waals surface area contributed by atoms with Gasteiger partial charge in [0.2, 0.25) is 0 Å². The first-order valence-corrected chi connectivity index (χ1v) is 7.79. The Morgan fingerprint density at radius 3 is 2.68 bits per heavy atom. The van der Waals surface area contributed by atoms with Crippen molar-refractivity contribution in [2.45, 2.75) is 27.2 Å². The average Bonchev–Trinajstić information content (AvgIpc) is 2.64. The molecule has 0 N–H and O–H groups in total. The highest BCUT2D eigenvalue weighted by Crippen LogP contribution is 2.19. The minimum atomic E-state index is 0.0558. The van der Waals surface area contributed by atoms with E-state index in [2.05, 4.69) is 22.0 Å². The van der Waals surface area contributed by atoms with E-state index in [4.69, 9.17) is 0 Å². The fourth-order valence-electron chi connectivity index (χ4n) is 3.09. The van der Waals surface area contributed by atoms with Crippen molar-refractivity contribution in [2.24, 2.45) is 0 Å². The highest BCUT2D eigenvalue weighted by Gasteiger charge is 2.25. The number of aryl methyl sites for hydroxylation is 3. The molecule has 0 aliphatic carbocycles. The molecular weight excluding hydrogens is 278 g/mol. The van der Waals surface area contributed by atoms with Crippen LogP contribution in [0.3, 0.4) is 0 Å². The molecule has 0 bridgehead atoms. The third-order valence-corrected chi connectivity index (χ3v) is 4.29. The molecule has 0 aromatic carbocycles. The molecule has 0 saturated carbocycles. The van der Waals surface area contributed by atoms with Crippen molar-refractivity contribution in [1.29, 1.82) is 0 Å². The standard InChI is InChI=1S/C16H23N5O/c1-11-10-12(2)21-15(17-11)14(13(3)18-21)16(22)20-7-5-6-19(4)8-9-20/h10H,5-9H2,1-4H3. The maximum atomic E-state index is 13.0. The number of nitrogens with zero attached hydrogens (tertiary/aromatic N) is 5. The zero-order chi connectivity index (χ0) is 15.9. The minimum absolute atomic E-state index is 0.0558. The summed E-state index contributed by atoms with van der Waals surface area (Å²) in [5.74, 6) is 0.0558. The largest absolute Gasteiger partial charge is 0.337 e. The highest BCUT2D eigenvalue weighted by atomic mass is 16.2. The van der Waals surface area contributed by atoms with Gasteiger partial charge in [-0.05, 0) is 46.9 Å². The second-order valence-corrected chi connectivity index (χ2v) is 6.18. The summed E-state index contributed by atoms with van der Waals surface area (Å²) in [5, 5.41) is 4.50. The number of hydrogen-bond donors (Lipinski definition) is 0. The van der Waals surface area contributed by atoms with Crippen molar-refractivity contribution >= 4 is 11.6 Å². The smallest absolute Gasteiger partial charge is 0.259 e. The normalized spacial score (nSPS) is 17.0. The Morgan fingerprint density at radius 1 is 1.14 bits per heavy atom. The molecule has 0 atom stereocenters. The van der Waals surface area contributed by atoms with Gasteiger partial charge in [-0.15, -0.1) is 0 Å². The van der Waals surface area contributed by atoms with Gasteiger partial charge in [-0.2, -0.15) is 5.10 Å². The van der Waals surface area contributed by atoms with Gasteiger partial charge < -0.3 is 9.80 Å². The Labute approximate surface area is 130 Å². The molecule has 3 rings (SSSR count). The van der Waals surface area contributed by atoms with Gasteiger partial charge in [-0.25, -0.2) is 9.50 Å². The van der Waals surface area contributed by atoms with E-state index in [9.17, 15) is 4.79 Å². The molecule has 1 aliphatic rings. The summed E-state index contributed by atoms with van der Waals surface area (Å²) in [6.45, 7) is 9.33. The summed E-state index contributed by atoms with van der Waals surface area (Å²) < 4.78 is 1.78. The van der Waals surface area contributed by atoms with Gasteiger partial charge in [-0.3, -0.25) is 4.79 Å². The summed E-state index contributed by atoms with van der Waals surface area (Å²) in [5.41, 5.74) is 3.99. The van der Waals surface area contributed by atoms with Crippen molar-refractivity contribution in [1.82, 2.24) is 24.4 Å². The van der Waals surface area contributed by atoms with Crippen molar-refractivity contribution in [3.05, 3.63) is 28.7 Å². The van der Waals surface area contributed by atoms with E-state index in [1.807, 2.05) is 31.7 Å². The van der Waals surface area contributed by atoms with E-state index in [-0.39, 0.29) is 5.91 Å². The Bertz CT molecular complexity index is 721. The van der Waals surface area contributed by atoms with Crippen LogP contribution in [0.5, 0.6) is 0 Å². The van der Waals surface area contributed by atoms with Crippen molar-refractivity contribution in [3.8, 4) is 0 Å². The lowest BCUT2D eigenvalue weighted by atomic mass is 10.2. The van der Waals surface area contributed by atoms with E-state index < -0.39 is 0 Å². The van der Waals surface area contributed by atoms with Crippen LogP contribution in [0.1, 0.15) is 33.9 Å². The van der Waals surface area contributed by atoms with E-state index >= 15 is 0 Å².